The second-order valence-electron chi connectivity index (χ2n) is 5.03. The summed E-state index contributed by atoms with van der Waals surface area (Å²) in [5.74, 6) is 0.365. The molecule has 0 saturated carbocycles. The van der Waals surface area contributed by atoms with Crippen molar-refractivity contribution in [3.05, 3.63) is 35.6 Å². The molecular weight excluding hydrogens is 229 g/mol. The van der Waals surface area contributed by atoms with Crippen molar-refractivity contribution in [1.82, 2.24) is 4.90 Å². The summed E-state index contributed by atoms with van der Waals surface area (Å²) in [6, 6.07) is 6.94. The fourth-order valence-corrected chi connectivity index (χ4v) is 2.82. The van der Waals surface area contributed by atoms with Gasteiger partial charge >= 0.3 is 0 Å². The molecule has 4 heteroatoms. The number of halogens is 1. The van der Waals surface area contributed by atoms with Crippen molar-refractivity contribution in [1.29, 1.82) is 0 Å². The molecule has 98 valence electrons. The summed E-state index contributed by atoms with van der Waals surface area (Å²) < 4.78 is 13.1. The third kappa shape index (κ3) is 1.85. The van der Waals surface area contributed by atoms with Gasteiger partial charge in [-0.05, 0) is 38.0 Å². The minimum atomic E-state index is -0.230. The SMILES string of the molecule is CCC1(c2ccc(F)cc2)CN=C(N)N1C(C)C. The number of rotatable bonds is 3. The monoisotopic (exact) mass is 249 g/mol. The van der Waals surface area contributed by atoms with Crippen LogP contribution < -0.4 is 5.73 Å². The number of aliphatic imine (C=N–C) groups is 1. The molecule has 1 atom stereocenters. The zero-order chi connectivity index (χ0) is 13.3. The average molecular weight is 249 g/mol. The van der Waals surface area contributed by atoms with Gasteiger partial charge in [-0.15, -0.1) is 0 Å². The van der Waals surface area contributed by atoms with E-state index in [2.05, 4.69) is 30.7 Å². The highest BCUT2D eigenvalue weighted by Crippen LogP contribution is 2.37. The molecule has 0 saturated heterocycles. The van der Waals surface area contributed by atoms with E-state index in [1.165, 1.54) is 12.1 Å². The molecule has 1 aliphatic rings. The molecule has 1 aromatic rings. The number of benzene rings is 1. The average Bonchev–Trinajstić information content (AvgIpc) is 2.68. The third-order valence-corrected chi connectivity index (χ3v) is 3.69. The van der Waals surface area contributed by atoms with Crippen LogP contribution >= 0.6 is 0 Å². The van der Waals surface area contributed by atoms with E-state index >= 15 is 0 Å². The fraction of sp³-hybridized carbons (Fsp3) is 0.500. The Hall–Kier alpha value is -1.58. The second-order valence-corrected chi connectivity index (χ2v) is 5.03. The highest BCUT2D eigenvalue weighted by atomic mass is 19.1. The lowest BCUT2D eigenvalue weighted by molar-refractivity contribution is 0.158. The molecule has 2 N–H and O–H groups in total. The van der Waals surface area contributed by atoms with E-state index in [4.69, 9.17) is 5.73 Å². The van der Waals surface area contributed by atoms with Crippen molar-refractivity contribution in [2.75, 3.05) is 6.54 Å². The largest absolute Gasteiger partial charge is 0.370 e. The molecule has 1 aromatic carbocycles. The Balaban J connectivity index is 2.46. The van der Waals surface area contributed by atoms with Crippen LogP contribution in [0, 0.1) is 5.82 Å². The summed E-state index contributed by atoms with van der Waals surface area (Å²) in [5, 5.41) is 0. The molecule has 3 nitrogen and oxygen atoms in total. The van der Waals surface area contributed by atoms with E-state index in [-0.39, 0.29) is 17.4 Å². The molecule has 1 unspecified atom stereocenters. The summed E-state index contributed by atoms with van der Waals surface area (Å²) in [5.41, 5.74) is 6.84. The molecule has 2 rings (SSSR count). The molecule has 0 fully saturated rings. The first-order chi connectivity index (χ1) is 8.51. The van der Waals surface area contributed by atoms with E-state index < -0.39 is 0 Å². The maximum Gasteiger partial charge on any atom is 0.192 e. The van der Waals surface area contributed by atoms with Crippen molar-refractivity contribution < 1.29 is 4.39 Å². The van der Waals surface area contributed by atoms with Gasteiger partial charge in [0.2, 0.25) is 0 Å². The molecule has 0 amide bonds. The van der Waals surface area contributed by atoms with Gasteiger partial charge in [-0.2, -0.15) is 0 Å². The zero-order valence-electron chi connectivity index (χ0n) is 11.2. The van der Waals surface area contributed by atoms with Crippen LogP contribution in [0.25, 0.3) is 0 Å². The molecule has 0 aromatic heterocycles. The van der Waals surface area contributed by atoms with Gasteiger partial charge in [0.05, 0.1) is 12.1 Å². The minimum absolute atomic E-state index is 0.215. The topological polar surface area (TPSA) is 41.6 Å². The molecular formula is C14H20FN3. The summed E-state index contributed by atoms with van der Waals surface area (Å²) in [7, 11) is 0. The number of hydrogen-bond donors (Lipinski definition) is 1. The standard InChI is InChI=1S/C14H20FN3/c1-4-14(11-5-7-12(15)8-6-11)9-17-13(16)18(14)10(2)3/h5-8,10H,4,9H2,1-3H3,(H2,16,17). The van der Waals surface area contributed by atoms with Crippen molar-refractivity contribution >= 4 is 5.96 Å². The maximum atomic E-state index is 13.1. The fourth-order valence-electron chi connectivity index (χ4n) is 2.82. The predicted octanol–water partition coefficient (Wildman–Crippen LogP) is 2.47. The Morgan fingerprint density at radius 3 is 2.50 bits per heavy atom. The first-order valence-corrected chi connectivity index (χ1v) is 6.36. The van der Waals surface area contributed by atoms with Gasteiger partial charge in [0.1, 0.15) is 5.82 Å². The number of nitrogens with two attached hydrogens (primary N) is 1. The lowest BCUT2D eigenvalue weighted by atomic mass is 9.85. The predicted molar refractivity (Wildman–Crippen MR) is 71.8 cm³/mol. The van der Waals surface area contributed by atoms with E-state index in [0.29, 0.717) is 12.5 Å². The Morgan fingerprint density at radius 1 is 1.39 bits per heavy atom. The highest BCUT2D eigenvalue weighted by Gasteiger charge is 2.43. The van der Waals surface area contributed by atoms with E-state index in [1.54, 1.807) is 0 Å². The second kappa shape index (κ2) is 4.59. The quantitative estimate of drug-likeness (QED) is 0.894. The van der Waals surface area contributed by atoms with Gasteiger partial charge in [-0.3, -0.25) is 4.99 Å². The van der Waals surface area contributed by atoms with Crippen LogP contribution in [0.15, 0.2) is 29.3 Å². The third-order valence-electron chi connectivity index (χ3n) is 3.69. The molecule has 18 heavy (non-hydrogen) atoms. The molecule has 1 heterocycles. The first kappa shape index (κ1) is 12.9. The highest BCUT2D eigenvalue weighted by molar-refractivity contribution is 5.81. The van der Waals surface area contributed by atoms with Crippen LogP contribution in [0.1, 0.15) is 32.8 Å². The number of nitrogens with zero attached hydrogens (tertiary/aromatic N) is 2. The normalized spacial score (nSPS) is 23.6. The molecule has 0 bridgehead atoms. The minimum Gasteiger partial charge on any atom is -0.370 e. The molecule has 1 aliphatic heterocycles. The van der Waals surface area contributed by atoms with Crippen molar-refractivity contribution in [2.24, 2.45) is 10.7 Å². The smallest absolute Gasteiger partial charge is 0.192 e. The van der Waals surface area contributed by atoms with Crippen LogP contribution in [0.3, 0.4) is 0 Å². The summed E-state index contributed by atoms with van der Waals surface area (Å²) in [6.45, 7) is 6.95. The maximum absolute atomic E-state index is 13.1. The summed E-state index contributed by atoms with van der Waals surface area (Å²) >= 11 is 0. The zero-order valence-corrected chi connectivity index (χ0v) is 11.2. The molecule has 0 spiro atoms. The first-order valence-electron chi connectivity index (χ1n) is 6.36. The molecule has 0 radical (unpaired) electrons. The van der Waals surface area contributed by atoms with Gasteiger partial charge in [-0.1, -0.05) is 19.1 Å². The van der Waals surface area contributed by atoms with E-state index in [0.717, 1.165) is 12.0 Å². The van der Waals surface area contributed by atoms with Crippen LogP contribution in [-0.2, 0) is 5.54 Å². The van der Waals surface area contributed by atoms with E-state index in [1.807, 2.05) is 12.1 Å². The van der Waals surface area contributed by atoms with Gasteiger partial charge in [0.15, 0.2) is 5.96 Å². The summed E-state index contributed by atoms with van der Waals surface area (Å²) in [6.07, 6.45) is 0.890. The lowest BCUT2D eigenvalue weighted by Gasteiger charge is -2.41. The van der Waals surface area contributed by atoms with Crippen molar-refractivity contribution in [3.63, 3.8) is 0 Å². The summed E-state index contributed by atoms with van der Waals surface area (Å²) in [4.78, 5) is 6.53. The Morgan fingerprint density at radius 2 is 2.00 bits per heavy atom. The van der Waals surface area contributed by atoms with Crippen molar-refractivity contribution in [3.8, 4) is 0 Å². The van der Waals surface area contributed by atoms with E-state index in [9.17, 15) is 4.39 Å². The van der Waals surface area contributed by atoms with Crippen molar-refractivity contribution in [2.45, 2.75) is 38.8 Å². The molecule has 0 aliphatic carbocycles. The van der Waals surface area contributed by atoms with Crippen LogP contribution in [0.4, 0.5) is 4.39 Å². The number of guanidine groups is 1. The van der Waals surface area contributed by atoms with Crippen LogP contribution in [0.5, 0.6) is 0 Å². The Bertz CT molecular complexity index is 453. The van der Waals surface area contributed by atoms with Gasteiger partial charge in [0.25, 0.3) is 0 Å². The lowest BCUT2D eigenvalue weighted by Crippen LogP contribution is -2.52. The van der Waals surface area contributed by atoms with Crippen LogP contribution in [-0.4, -0.2) is 23.4 Å². The number of hydrogen-bond acceptors (Lipinski definition) is 3. The Kier molecular flexibility index (Phi) is 3.28. The van der Waals surface area contributed by atoms with Gasteiger partial charge < -0.3 is 10.6 Å². The van der Waals surface area contributed by atoms with Gasteiger partial charge in [-0.25, -0.2) is 4.39 Å². The van der Waals surface area contributed by atoms with Gasteiger partial charge in [0, 0.05) is 6.04 Å². The van der Waals surface area contributed by atoms with Crippen LogP contribution in [0.2, 0.25) is 0 Å². The Labute approximate surface area is 108 Å².